The van der Waals surface area contributed by atoms with Crippen molar-refractivity contribution in [2.75, 3.05) is 16.8 Å². The Kier molecular flexibility index (Phi) is 6.54. The number of carbonyl (C=O) groups excluding carboxylic acids is 2. The maximum Gasteiger partial charge on any atom is 0.416 e. The van der Waals surface area contributed by atoms with E-state index in [-0.39, 0.29) is 17.4 Å². The molecule has 176 valence electrons. The summed E-state index contributed by atoms with van der Waals surface area (Å²) in [6.07, 6.45) is -3.39. The van der Waals surface area contributed by atoms with Crippen LogP contribution in [0.1, 0.15) is 18.4 Å². The number of benzene rings is 3. The minimum atomic E-state index is -4.47. The summed E-state index contributed by atoms with van der Waals surface area (Å²) in [5.41, 5.74) is 1.11. The molecule has 1 unspecified atom stereocenters. The zero-order valence-corrected chi connectivity index (χ0v) is 17.9. The van der Waals surface area contributed by atoms with Gasteiger partial charge >= 0.3 is 12.2 Å². The Bertz CT molecular complexity index is 1180. The minimum Gasteiger partial charge on any atom is -0.326 e. The fraction of sp³-hybridized carbons (Fsp3) is 0.200. The molecule has 1 fully saturated rings. The molecule has 0 aromatic heterocycles. The largest absolute Gasteiger partial charge is 0.416 e. The van der Waals surface area contributed by atoms with Crippen LogP contribution in [0.3, 0.4) is 0 Å². The van der Waals surface area contributed by atoms with Gasteiger partial charge in [0.1, 0.15) is 11.9 Å². The first-order valence-corrected chi connectivity index (χ1v) is 10.6. The van der Waals surface area contributed by atoms with E-state index in [1.54, 1.807) is 47.4 Å². The third-order valence-corrected chi connectivity index (χ3v) is 5.58. The summed E-state index contributed by atoms with van der Waals surface area (Å²) in [6.45, 7) is 0.469. The third kappa shape index (κ3) is 5.19. The number of carbonyl (C=O) groups is 2. The molecule has 2 N–H and O–H groups in total. The molecule has 0 bridgehead atoms. The van der Waals surface area contributed by atoms with E-state index in [4.69, 9.17) is 0 Å². The Balaban J connectivity index is 1.40. The molecule has 3 amide bonds. The fourth-order valence-corrected chi connectivity index (χ4v) is 3.85. The number of hydrogen-bond donors (Lipinski definition) is 2. The van der Waals surface area contributed by atoms with Crippen molar-refractivity contribution in [2.24, 2.45) is 0 Å². The maximum atomic E-state index is 14.0. The summed E-state index contributed by atoms with van der Waals surface area (Å²) < 4.78 is 52.1. The van der Waals surface area contributed by atoms with Crippen molar-refractivity contribution in [3.8, 4) is 11.1 Å². The Morgan fingerprint density at radius 1 is 0.941 bits per heavy atom. The van der Waals surface area contributed by atoms with Crippen LogP contribution >= 0.6 is 0 Å². The molecule has 3 aromatic carbocycles. The summed E-state index contributed by atoms with van der Waals surface area (Å²) in [7, 11) is 0. The molecule has 34 heavy (non-hydrogen) atoms. The lowest BCUT2D eigenvalue weighted by Crippen LogP contribution is -2.53. The second-order valence-electron chi connectivity index (χ2n) is 7.88. The normalized spacial score (nSPS) is 16.3. The van der Waals surface area contributed by atoms with Crippen LogP contribution in [0, 0.1) is 5.82 Å². The zero-order valence-electron chi connectivity index (χ0n) is 17.9. The molecule has 0 aliphatic carbocycles. The number of piperidine rings is 1. The SMILES string of the molecule is O=C(Nc1ccc(C(F)(F)F)cc1)NC1CCCN(c2ccc(-c3ccccc3F)cc2)C1=O. The minimum absolute atomic E-state index is 0.175. The smallest absolute Gasteiger partial charge is 0.326 e. The van der Waals surface area contributed by atoms with Gasteiger partial charge in [-0.05, 0) is 60.9 Å². The van der Waals surface area contributed by atoms with Gasteiger partial charge in [-0.25, -0.2) is 9.18 Å². The van der Waals surface area contributed by atoms with E-state index in [0.29, 0.717) is 36.2 Å². The lowest BCUT2D eigenvalue weighted by Gasteiger charge is -2.32. The van der Waals surface area contributed by atoms with Crippen molar-refractivity contribution >= 4 is 23.3 Å². The number of nitrogens with zero attached hydrogens (tertiary/aromatic N) is 1. The van der Waals surface area contributed by atoms with E-state index in [1.165, 1.54) is 6.07 Å². The topological polar surface area (TPSA) is 61.4 Å². The summed E-state index contributed by atoms with van der Waals surface area (Å²) in [4.78, 5) is 26.9. The average molecular weight is 471 g/mol. The van der Waals surface area contributed by atoms with Crippen molar-refractivity contribution in [2.45, 2.75) is 25.1 Å². The second-order valence-corrected chi connectivity index (χ2v) is 7.88. The van der Waals surface area contributed by atoms with Crippen LogP contribution in [0.5, 0.6) is 0 Å². The predicted octanol–water partition coefficient (Wildman–Crippen LogP) is 5.83. The van der Waals surface area contributed by atoms with Crippen LogP contribution < -0.4 is 15.5 Å². The van der Waals surface area contributed by atoms with Crippen LogP contribution in [0.25, 0.3) is 11.1 Å². The van der Waals surface area contributed by atoms with E-state index >= 15 is 0 Å². The first kappa shape index (κ1) is 23.3. The number of halogens is 4. The molecular formula is C25H21F4N3O2. The van der Waals surface area contributed by atoms with E-state index in [0.717, 1.165) is 24.3 Å². The fourth-order valence-electron chi connectivity index (χ4n) is 3.85. The van der Waals surface area contributed by atoms with Crippen molar-refractivity contribution < 1.29 is 27.2 Å². The highest BCUT2D eigenvalue weighted by atomic mass is 19.4. The number of urea groups is 1. The predicted molar refractivity (Wildman–Crippen MR) is 121 cm³/mol. The van der Waals surface area contributed by atoms with Gasteiger partial charge in [0, 0.05) is 23.5 Å². The Hall–Kier alpha value is -3.88. The summed E-state index contributed by atoms with van der Waals surface area (Å²) in [6, 6.07) is 15.9. The molecule has 3 aromatic rings. The maximum absolute atomic E-state index is 14.0. The molecule has 0 spiro atoms. The Labute approximate surface area is 193 Å². The molecule has 5 nitrogen and oxygen atoms in total. The quantitative estimate of drug-likeness (QED) is 0.471. The molecule has 1 saturated heterocycles. The standard InChI is InChI=1S/C25H21F4N3O2/c26-21-5-2-1-4-20(21)16-7-13-19(14-8-16)32-15-3-6-22(23(32)33)31-24(34)30-18-11-9-17(10-12-18)25(27,28)29/h1-2,4-5,7-14,22H,3,6,15H2,(H2,30,31,34). The van der Waals surface area contributed by atoms with Crippen LogP contribution in [0.4, 0.5) is 33.7 Å². The van der Waals surface area contributed by atoms with E-state index in [9.17, 15) is 27.2 Å². The number of alkyl halides is 3. The van der Waals surface area contributed by atoms with Gasteiger partial charge in [-0.1, -0.05) is 30.3 Å². The molecule has 1 atom stereocenters. The lowest BCUT2D eigenvalue weighted by molar-refractivity contribution is -0.137. The first-order chi connectivity index (χ1) is 16.2. The highest BCUT2D eigenvalue weighted by Crippen LogP contribution is 2.30. The van der Waals surface area contributed by atoms with Crippen LogP contribution in [0.2, 0.25) is 0 Å². The van der Waals surface area contributed by atoms with Crippen LogP contribution in [0.15, 0.2) is 72.8 Å². The van der Waals surface area contributed by atoms with Gasteiger partial charge in [-0.3, -0.25) is 4.79 Å². The zero-order chi connectivity index (χ0) is 24.3. The van der Waals surface area contributed by atoms with Gasteiger partial charge in [-0.15, -0.1) is 0 Å². The average Bonchev–Trinajstić information content (AvgIpc) is 2.81. The molecule has 4 rings (SSSR count). The van der Waals surface area contributed by atoms with E-state index in [1.807, 2.05) is 0 Å². The van der Waals surface area contributed by atoms with Crippen molar-refractivity contribution in [1.29, 1.82) is 0 Å². The number of rotatable bonds is 4. The Morgan fingerprint density at radius 3 is 2.26 bits per heavy atom. The molecule has 9 heteroatoms. The third-order valence-electron chi connectivity index (χ3n) is 5.58. The highest BCUT2D eigenvalue weighted by Gasteiger charge is 2.32. The van der Waals surface area contributed by atoms with Gasteiger partial charge in [0.25, 0.3) is 0 Å². The monoisotopic (exact) mass is 471 g/mol. The van der Waals surface area contributed by atoms with Gasteiger partial charge in [0.05, 0.1) is 5.56 Å². The number of nitrogens with one attached hydrogen (secondary N) is 2. The molecule has 1 heterocycles. The summed E-state index contributed by atoms with van der Waals surface area (Å²) in [5, 5.41) is 5.04. The van der Waals surface area contributed by atoms with E-state index < -0.39 is 23.8 Å². The summed E-state index contributed by atoms with van der Waals surface area (Å²) in [5.74, 6) is -0.639. The van der Waals surface area contributed by atoms with Gasteiger partial charge in [0.2, 0.25) is 5.91 Å². The highest BCUT2D eigenvalue weighted by molar-refractivity contribution is 6.01. The number of anilines is 2. The van der Waals surface area contributed by atoms with Crippen molar-refractivity contribution in [3.63, 3.8) is 0 Å². The van der Waals surface area contributed by atoms with Crippen molar-refractivity contribution in [3.05, 3.63) is 84.2 Å². The molecule has 1 aliphatic rings. The first-order valence-electron chi connectivity index (χ1n) is 10.6. The van der Waals surface area contributed by atoms with Gasteiger partial charge in [0.15, 0.2) is 0 Å². The van der Waals surface area contributed by atoms with E-state index in [2.05, 4.69) is 10.6 Å². The number of hydrogen-bond acceptors (Lipinski definition) is 2. The lowest BCUT2D eigenvalue weighted by atomic mass is 10.0. The Morgan fingerprint density at radius 2 is 1.62 bits per heavy atom. The van der Waals surface area contributed by atoms with Crippen LogP contribution in [-0.2, 0) is 11.0 Å². The molecular weight excluding hydrogens is 450 g/mol. The second kappa shape index (κ2) is 9.54. The van der Waals surface area contributed by atoms with Crippen molar-refractivity contribution in [1.82, 2.24) is 5.32 Å². The molecule has 0 radical (unpaired) electrons. The van der Waals surface area contributed by atoms with Gasteiger partial charge in [-0.2, -0.15) is 13.2 Å². The molecule has 0 saturated carbocycles. The van der Waals surface area contributed by atoms with Gasteiger partial charge < -0.3 is 15.5 Å². The molecule has 1 aliphatic heterocycles. The summed E-state index contributed by atoms with van der Waals surface area (Å²) >= 11 is 0. The van der Waals surface area contributed by atoms with Crippen LogP contribution in [-0.4, -0.2) is 24.5 Å². The number of amides is 3.